The maximum atomic E-state index is 10.9. The van der Waals surface area contributed by atoms with Crippen molar-refractivity contribution in [3.63, 3.8) is 0 Å². The molecule has 124 valence electrons. The lowest BCUT2D eigenvalue weighted by Gasteiger charge is -2.26. The topological polar surface area (TPSA) is 82.9 Å². The minimum Gasteiger partial charge on any atom is -0.497 e. The van der Waals surface area contributed by atoms with E-state index < -0.39 is 12.7 Å². The van der Waals surface area contributed by atoms with Crippen LogP contribution >= 0.6 is 6.64 Å². The molecule has 0 bridgehead atoms. The molecule has 0 aromatic heterocycles. The molecule has 0 spiro atoms. The Labute approximate surface area is 135 Å². The van der Waals surface area contributed by atoms with Gasteiger partial charge in [0.25, 0.3) is 6.64 Å². The van der Waals surface area contributed by atoms with E-state index in [1.807, 2.05) is 0 Å². The van der Waals surface area contributed by atoms with E-state index in [2.05, 4.69) is 5.09 Å². The van der Waals surface area contributed by atoms with E-state index in [1.54, 1.807) is 45.2 Å². The summed E-state index contributed by atoms with van der Waals surface area (Å²) in [7, 11) is 1.56. The summed E-state index contributed by atoms with van der Waals surface area (Å²) in [5.74, 6) is 0.678. The van der Waals surface area contributed by atoms with Crippen molar-refractivity contribution in [2.24, 2.45) is 0 Å². The van der Waals surface area contributed by atoms with Gasteiger partial charge in [0.1, 0.15) is 11.8 Å². The van der Waals surface area contributed by atoms with E-state index in [4.69, 9.17) is 25.6 Å². The van der Waals surface area contributed by atoms with Crippen LogP contribution in [0.15, 0.2) is 24.3 Å². The van der Waals surface area contributed by atoms with Gasteiger partial charge in [-0.15, -0.1) is 0 Å². The van der Waals surface area contributed by atoms with Crippen LogP contribution in [0.5, 0.6) is 5.75 Å². The molecule has 22 heavy (non-hydrogen) atoms. The molecule has 0 aliphatic rings. The monoisotopic (exact) mass is 348 g/mol. The van der Waals surface area contributed by atoms with E-state index in [0.717, 1.165) is 5.56 Å². The second kappa shape index (κ2) is 9.17. The molecule has 1 aromatic rings. The molecule has 0 saturated heterocycles. The molecule has 0 unspecified atom stereocenters. The average Bonchev–Trinajstić information content (AvgIpc) is 2.46. The Hall–Kier alpha value is -1.05. The molecule has 0 heterocycles. The van der Waals surface area contributed by atoms with Gasteiger partial charge in [0.15, 0.2) is 0 Å². The van der Waals surface area contributed by atoms with Gasteiger partial charge in [0.05, 0.1) is 20.3 Å². The van der Waals surface area contributed by atoms with E-state index in [-0.39, 0.29) is 11.5 Å². The lowest BCUT2D eigenvalue weighted by molar-refractivity contribution is -0.484. The Kier molecular flexibility index (Phi) is 7.92. The van der Waals surface area contributed by atoms with Crippen LogP contribution in [0.2, 0.25) is 0 Å². The zero-order valence-corrected chi connectivity index (χ0v) is 14.6. The molecule has 1 rings (SSSR count). The minimum atomic E-state index is -2.77. The van der Waals surface area contributed by atoms with Crippen molar-refractivity contribution >= 4 is 18.4 Å². The van der Waals surface area contributed by atoms with Gasteiger partial charge in [-0.25, -0.2) is 5.09 Å². The van der Waals surface area contributed by atoms with Crippen LogP contribution in [-0.4, -0.2) is 31.8 Å². The van der Waals surface area contributed by atoms with Crippen molar-refractivity contribution in [3.05, 3.63) is 39.9 Å². The first-order valence-electron chi connectivity index (χ1n) is 6.86. The molecular weight excluding hydrogens is 327 g/mol. The molecule has 0 fully saturated rings. The molecule has 0 aliphatic carbocycles. The number of nitrogens with zero attached hydrogens (tertiary/aromatic N) is 1. The molecule has 0 radical (unpaired) electrons. The Bertz CT molecular complexity index is 516. The summed E-state index contributed by atoms with van der Waals surface area (Å²) in [6.07, 6.45) is 0. The number of nitro groups is 1. The van der Waals surface area contributed by atoms with Crippen molar-refractivity contribution < 1.29 is 18.7 Å². The van der Waals surface area contributed by atoms with Crippen LogP contribution in [0.4, 0.5) is 0 Å². The van der Waals surface area contributed by atoms with Crippen LogP contribution in [0.25, 0.3) is 0 Å². The Morgan fingerprint density at radius 3 is 2.23 bits per heavy atom. The predicted molar refractivity (Wildman–Crippen MR) is 88.3 cm³/mol. The first-order chi connectivity index (χ1) is 10.4. The summed E-state index contributed by atoms with van der Waals surface area (Å²) in [5.41, 5.74) is 0.728. The Balaban J connectivity index is 3.00. The lowest BCUT2D eigenvalue weighted by atomic mass is 10.1. The minimum absolute atomic E-state index is 0.315. The summed E-state index contributed by atoms with van der Waals surface area (Å²) < 4.78 is 16.1. The van der Waals surface area contributed by atoms with Crippen LogP contribution in [0, 0.1) is 10.1 Å². The standard InChI is InChI=1S/C13H21N2O5PS/c1-4-19-21(22,20-5-2)14-13(10-15(16)17)11-6-8-12(18-3)9-7-11/h6-9,13H,4-5,10H2,1-3H3,(H,14,22)/t13-/m0/s1. The highest BCUT2D eigenvalue weighted by molar-refractivity contribution is 8.08. The number of methoxy groups -OCH3 is 1. The maximum Gasteiger partial charge on any atom is 0.261 e. The van der Waals surface area contributed by atoms with Gasteiger partial charge in [-0.2, -0.15) is 0 Å². The van der Waals surface area contributed by atoms with Gasteiger partial charge in [-0.05, 0) is 43.4 Å². The number of hydrogen-bond acceptors (Lipinski definition) is 6. The largest absolute Gasteiger partial charge is 0.497 e. The fourth-order valence-corrected chi connectivity index (χ4v) is 4.38. The van der Waals surface area contributed by atoms with Crippen LogP contribution in [-0.2, 0) is 20.9 Å². The smallest absolute Gasteiger partial charge is 0.261 e. The zero-order chi connectivity index (χ0) is 16.6. The van der Waals surface area contributed by atoms with Crippen LogP contribution in [0.1, 0.15) is 25.5 Å². The molecule has 0 amide bonds. The summed E-state index contributed by atoms with van der Waals surface area (Å²) >= 11 is 5.39. The second-order valence-corrected chi connectivity index (χ2v) is 7.51. The van der Waals surface area contributed by atoms with E-state index in [1.165, 1.54) is 0 Å². The van der Waals surface area contributed by atoms with Crippen molar-refractivity contribution in [1.29, 1.82) is 0 Å². The Morgan fingerprint density at radius 1 is 1.27 bits per heavy atom. The van der Waals surface area contributed by atoms with E-state index in [0.29, 0.717) is 19.0 Å². The van der Waals surface area contributed by atoms with Crippen molar-refractivity contribution in [2.75, 3.05) is 26.9 Å². The van der Waals surface area contributed by atoms with Gasteiger partial charge < -0.3 is 13.8 Å². The molecule has 1 aromatic carbocycles. The van der Waals surface area contributed by atoms with Gasteiger partial charge in [0.2, 0.25) is 6.54 Å². The highest BCUT2D eigenvalue weighted by atomic mass is 32.5. The lowest BCUT2D eigenvalue weighted by Crippen LogP contribution is -2.27. The number of rotatable bonds is 10. The van der Waals surface area contributed by atoms with Gasteiger partial charge in [0, 0.05) is 4.92 Å². The molecule has 1 atom stereocenters. The quantitative estimate of drug-likeness (QED) is 0.395. The second-order valence-electron chi connectivity index (χ2n) is 4.30. The fraction of sp³-hybridized carbons (Fsp3) is 0.538. The highest BCUT2D eigenvalue weighted by Crippen LogP contribution is 2.46. The van der Waals surface area contributed by atoms with Gasteiger partial charge in [-0.1, -0.05) is 12.1 Å². The summed E-state index contributed by atoms with van der Waals surface area (Å²) in [6.45, 7) is 1.27. The molecule has 9 heteroatoms. The third-order valence-corrected chi connectivity index (χ3v) is 5.53. The van der Waals surface area contributed by atoms with Crippen molar-refractivity contribution in [3.8, 4) is 5.75 Å². The summed E-state index contributed by atoms with van der Waals surface area (Å²) in [6, 6.07) is 6.42. The molecule has 7 nitrogen and oxygen atoms in total. The highest BCUT2D eigenvalue weighted by Gasteiger charge is 2.27. The first-order valence-corrected chi connectivity index (χ1v) is 9.50. The van der Waals surface area contributed by atoms with Crippen LogP contribution in [0.3, 0.4) is 0 Å². The summed E-state index contributed by atoms with van der Waals surface area (Å²) in [5, 5.41) is 14.0. The molecule has 1 N–H and O–H groups in total. The Morgan fingerprint density at radius 2 is 1.82 bits per heavy atom. The van der Waals surface area contributed by atoms with Crippen molar-refractivity contribution in [2.45, 2.75) is 19.9 Å². The number of hydrogen-bond donors (Lipinski definition) is 1. The third kappa shape index (κ3) is 5.98. The molecular formula is C13H21N2O5PS. The molecule has 0 aliphatic heterocycles. The average molecular weight is 348 g/mol. The summed E-state index contributed by atoms with van der Waals surface area (Å²) in [4.78, 5) is 10.6. The van der Waals surface area contributed by atoms with Crippen LogP contribution < -0.4 is 9.82 Å². The SMILES string of the molecule is CCOP(=S)(N[C@@H](C[N+](=O)[O-])c1ccc(OC)cc1)OCC. The van der Waals surface area contributed by atoms with Gasteiger partial charge >= 0.3 is 0 Å². The predicted octanol–water partition coefficient (Wildman–Crippen LogP) is 2.90. The first kappa shape index (κ1) is 19.0. The number of benzene rings is 1. The third-order valence-electron chi connectivity index (χ3n) is 2.76. The van der Waals surface area contributed by atoms with E-state index in [9.17, 15) is 10.1 Å². The number of nitrogens with one attached hydrogen (secondary N) is 1. The zero-order valence-electron chi connectivity index (χ0n) is 12.9. The maximum absolute atomic E-state index is 10.9. The van der Waals surface area contributed by atoms with Crippen molar-refractivity contribution in [1.82, 2.24) is 5.09 Å². The van der Waals surface area contributed by atoms with Gasteiger partial charge in [-0.3, -0.25) is 10.1 Å². The van der Waals surface area contributed by atoms with E-state index >= 15 is 0 Å². The normalized spacial score (nSPS) is 12.9. The fourth-order valence-electron chi connectivity index (χ4n) is 1.85. The molecule has 0 saturated carbocycles. The number of ether oxygens (including phenoxy) is 1.